The smallest absolute Gasteiger partial charge is 0.277 e. The average molecular weight is 406 g/mol. The van der Waals surface area contributed by atoms with Gasteiger partial charge in [0.25, 0.3) is 5.22 Å². The number of halogens is 1. The highest BCUT2D eigenvalue weighted by atomic mass is 35.5. The summed E-state index contributed by atoms with van der Waals surface area (Å²) in [5, 5.41) is 12.1. The molecule has 0 aliphatic heterocycles. The SMILES string of the molecule is CC(Sc1nnc(-c2ccc(Cl)cc2)o1)C(=O)NC(C)C1CC2CCC1C2. The third-order valence-electron chi connectivity index (χ3n) is 5.95. The molecule has 2 aliphatic carbocycles. The zero-order chi connectivity index (χ0) is 19.0. The summed E-state index contributed by atoms with van der Waals surface area (Å²) in [7, 11) is 0. The number of thioether (sulfide) groups is 1. The molecular formula is C20H24ClN3O2S. The number of benzene rings is 1. The molecule has 5 unspecified atom stereocenters. The molecule has 4 rings (SSSR count). The van der Waals surface area contributed by atoms with E-state index in [9.17, 15) is 4.79 Å². The third-order valence-corrected chi connectivity index (χ3v) is 7.14. The summed E-state index contributed by atoms with van der Waals surface area (Å²) in [5.41, 5.74) is 0.806. The van der Waals surface area contributed by atoms with Crippen LogP contribution in [0.1, 0.15) is 39.5 Å². The first kappa shape index (κ1) is 18.8. The van der Waals surface area contributed by atoms with Crippen molar-refractivity contribution in [2.45, 2.75) is 56.0 Å². The highest BCUT2D eigenvalue weighted by molar-refractivity contribution is 8.00. The van der Waals surface area contributed by atoms with Crippen LogP contribution in [0.2, 0.25) is 5.02 Å². The molecule has 5 atom stereocenters. The van der Waals surface area contributed by atoms with Crippen LogP contribution in [0.15, 0.2) is 33.9 Å². The zero-order valence-corrected chi connectivity index (χ0v) is 17.1. The predicted molar refractivity (Wildman–Crippen MR) is 107 cm³/mol. The van der Waals surface area contributed by atoms with Gasteiger partial charge in [-0.05, 0) is 75.1 Å². The lowest BCUT2D eigenvalue weighted by molar-refractivity contribution is -0.121. The topological polar surface area (TPSA) is 68.0 Å². The van der Waals surface area contributed by atoms with E-state index in [-0.39, 0.29) is 17.2 Å². The number of nitrogens with one attached hydrogen (secondary N) is 1. The van der Waals surface area contributed by atoms with Crippen LogP contribution in [0.3, 0.4) is 0 Å². The fourth-order valence-corrected chi connectivity index (χ4v) is 5.34. The number of rotatable bonds is 6. The molecule has 7 heteroatoms. The van der Waals surface area contributed by atoms with Gasteiger partial charge in [-0.3, -0.25) is 4.79 Å². The first-order valence-corrected chi connectivity index (χ1v) is 10.8. The number of hydrogen-bond donors (Lipinski definition) is 1. The quantitative estimate of drug-likeness (QED) is 0.698. The molecule has 0 radical (unpaired) electrons. The second kappa shape index (κ2) is 7.84. The van der Waals surface area contributed by atoms with Crippen LogP contribution in [0.4, 0.5) is 0 Å². The first-order chi connectivity index (χ1) is 13.0. The lowest BCUT2D eigenvalue weighted by atomic mass is 9.84. The summed E-state index contributed by atoms with van der Waals surface area (Å²) in [6, 6.07) is 7.44. The van der Waals surface area contributed by atoms with Crippen LogP contribution in [0.25, 0.3) is 11.5 Å². The highest BCUT2D eigenvalue weighted by Gasteiger charge is 2.42. The molecule has 0 saturated heterocycles. The van der Waals surface area contributed by atoms with Crippen LogP contribution in [0, 0.1) is 17.8 Å². The Balaban J connectivity index is 1.32. The minimum Gasteiger partial charge on any atom is -0.411 e. The Kier molecular flexibility index (Phi) is 5.46. The van der Waals surface area contributed by atoms with Crippen molar-refractivity contribution in [3.63, 3.8) is 0 Å². The number of carbonyl (C=O) groups is 1. The van der Waals surface area contributed by atoms with E-state index in [0.717, 1.165) is 17.4 Å². The Bertz CT molecular complexity index is 810. The predicted octanol–water partition coefficient (Wildman–Crippen LogP) is 4.81. The summed E-state index contributed by atoms with van der Waals surface area (Å²) in [6.07, 6.45) is 5.32. The lowest BCUT2D eigenvalue weighted by Gasteiger charge is -2.29. The van der Waals surface area contributed by atoms with Crippen molar-refractivity contribution in [1.29, 1.82) is 0 Å². The Morgan fingerprint density at radius 1 is 1.22 bits per heavy atom. The van der Waals surface area contributed by atoms with Gasteiger partial charge in [0.05, 0.1) is 5.25 Å². The van der Waals surface area contributed by atoms with Gasteiger partial charge < -0.3 is 9.73 Å². The van der Waals surface area contributed by atoms with Crippen molar-refractivity contribution in [1.82, 2.24) is 15.5 Å². The molecule has 1 amide bonds. The van der Waals surface area contributed by atoms with Gasteiger partial charge in [0, 0.05) is 16.6 Å². The molecule has 2 aliphatic rings. The summed E-state index contributed by atoms with van der Waals surface area (Å²) < 4.78 is 5.69. The fraction of sp³-hybridized carbons (Fsp3) is 0.550. The van der Waals surface area contributed by atoms with E-state index in [2.05, 4.69) is 22.4 Å². The van der Waals surface area contributed by atoms with E-state index in [1.165, 1.54) is 37.4 Å². The van der Waals surface area contributed by atoms with Crippen LogP contribution in [-0.4, -0.2) is 27.4 Å². The maximum Gasteiger partial charge on any atom is 0.277 e. The largest absolute Gasteiger partial charge is 0.411 e. The zero-order valence-electron chi connectivity index (χ0n) is 15.5. The molecule has 1 N–H and O–H groups in total. The van der Waals surface area contributed by atoms with Crippen LogP contribution < -0.4 is 5.32 Å². The number of carbonyl (C=O) groups excluding carboxylic acids is 1. The van der Waals surface area contributed by atoms with Crippen molar-refractivity contribution < 1.29 is 9.21 Å². The molecular weight excluding hydrogens is 382 g/mol. The fourth-order valence-electron chi connectivity index (χ4n) is 4.53. The number of amides is 1. The van der Waals surface area contributed by atoms with Crippen LogP contribution in [-0.2, 0) is 4.79 Å². The molecule has 144 valence electrons. The minimum atomic E-state index is -0.287. The molecule has 5 nitrogen and oxygen atoms in total. The Hall–Kier alpha value is -1.53. The summed E-state index contributed by atoms with van der Waals surface area (Å²) in [6.45, 7) is 4.02. The van der Waals surface area contributed by atoms with Gasteiger partial charge in [0.1, 0.15) is 0 Å². The second-order valence-electron chi connectivity index (χ2n) is 7.78. The van der Waals surface area contributed by atoms with Gasteiger partial charge in [0.15, 0.2) is 0 Å². The Morgan fingerprint density at radius 2 is 2.00 bits per heavy atom. The van der Waals surface area contributed by atoms with Gasteiger partial charge in [-0.2, -0.15) is 0 Å². The summed E-state index contributed by atoms with van der Waals surface area (Å²) >= 11 is 7.19. The van der Waals surface area contributed by atoms with E-state index in [0.29, 0.717) is 22.1 Å². The van der Waals surface area contributed by atoms with Crippen molar-refractivity contribution in [3.8, 4) is 11.5 Å². The Morgan fingerprint density at radius 3 is 2.67 bits per heavy atom. The number of aromatic nitrogens is 2. The van der Waals surface area contributed by atoms with Gasteiger partial charge in [-0.25, -0.2) is 0 Å². The monoisotopic (exact) mass is 405 g/mol. The molecule has 1 heterocycles. The summed E-state index contributed by atoms with van der Waals surface area (Å²) in [5.74, 6) is 2.77. The standard InChI is InChI=1S/C20H24ClN3O2S/c1-11(17-10-13-3-4-15(17)9-13)22-18(25)12(2)27-20-24-23-19(26-20)14-5-7-16(21)8-6-14/h5-8,11-13,15,17H,3-4,9-10H2,1-2H3,(H,22,25). The van der Waals surface area contributed by atoms with Gasteiger partial charge in [-0.1, -0.05) is 29.8 Å². The molecule has 1 aromatic heterocycles. The molecule has 0 spiro atoms. The Labute approximate surface area is 168 Å². The molecule has 2 bridgehead atoms. The molecule has 2 aromatic rings. The van der Waals surface area contributed by atoms with Crippen molar-refractivity contribution >= 4 is 29.3 Å². The van der Waals surface area contributed by atoms with E-state index in [1.54, 1.807) is 12.1 Å². The molecule has 2 saturated carbocycles. The van der Waals surface area contributed by atoms with Crippen molar-refractivity contribution in [2.24, 2.45) is 17.8 Å². The number of fused-ring (bicyclic) bond motifs is 2. The third kappa shape index (κ3) is 4.16. The molecule has 1 aromatic carbocycles. The van der Waals surface area contributed by atoms with Crippen LogP contribution >= 0.6 is 23.4 Å². The maximum atomic E-state index is 12.6. The average Bonchev–Trinajstić information content (AvgIpc) is 3.39. The minimum absolute atomic E-state index is 0.0292. The summed E-state index contributed by atoms with van der Waals surface area (Å²) in [4.78, 5) is 12.6. The highest BCUT2D eigenvalue weighted by Crippen LogP contribution is 2.49. The van der Waals surface area contributed by atoms with Crippen molar-refractivity contribution in [3.05, 3.63) is 29.3 Å². The normalized spacial score (nSPS) is 26.1. The van der Waals surface area contributed by atoms with Gasteiger partial charge in [0.2, 0.25) is 11.8 Å². The van der Waals surface area contributed by atoms with E-state index < -0.39 is 0 Å². The molecule has 2 fully saturated rings. The van der Waals surface area contributed by atoms with Crippen LogP contribution in [0.5, 0.6) is 0 Å². The van der Waals surface area contributed by atoms with E-state index >= 15 is 0 Å². The van der Waals surface area contributed by atoms with Gasteiger partial charge >= 0.3 is 0 Å². The van der Waals surface area contributed by atoms with E-state index in [4.69, 9.17) is 16.0 Å². The van der Waals surface area contributed by atoms with Gasteiger partial charge in [-0.15, -0.1) is 10.2 Å². The van der Waals surface area contributed by atoms with E-state index in [1.807, 2.05) is 19.1 Å². The first-order valence-electron chi connectivity index (χ1n) is 9.56. The maximum absolute atomic E-state index is 12.6. The van der Waals surface area contributed by atoms with Crippen molar-refractivity contribution in [2.75, 3.05) is 0 Å². The lowest BCUT2D eigenvalue weighted by Crippen LogP contribution is -2.43. The number of hydrogen-bond acceptors (Lipinski definition) is 5. The number of nitrogens with zero attached hydrogens (tertiary/aromatic N) is 2. The molecule has 27 heavy (non-hydrogen) atoms. The second-order valence-corrected chi connectivity index (χ2v) is 9.50.